The number of hydrogen-bond acceptors (Lipinski definition) is 6. The van der Waals surface area contributed by atoms with Gasteiger partial charge in [0.2, 0.25) is 0 Å². The van der Waals surface area contributed by atoms with Gasteiger partial charge in [-0.1, -0.05) is 0 Å². The standard InChI is InChI=1S/C17H20N4O3/c1-4-24-17(23)12-5-7-13(8-6-12)19-15-10-9-14(20-21-15)16(22)18-11(2)3/h5-11H,4H2,1-3H3,(H,18,22)(H,19,21). The first-order chi connectivity index (χ1) is 11.5. The van der Waals surface area contributed by atoms with E-state index in [0.717, 1.165) is 5.69 Å². The summed E-state index contributed by atoms with van der Waals surface area (Å²) < 4.78 is 4.93. The maximum absolute atomic E-state index is 11.8. The van der Waals surface area contributed by atoms with Crippen molar-refractivity contribution in [3.8, 4) is 0 Å². The first-order valence-corrected chi connectivity index (χ1v) is 7.68. The lowest BCUT2D eigenvalue weighted by molar-refractivity contribution is 0.0526. The fourth-order valence-electron chi connectivity index (χ4n) is 1.91. The molecule has 0 saturated carbocycles. The molecule has 7 nitrogen and oxygen atoms in total. The predicted octanol–water partition coefficient (Wildman–Crippen LogP) is 2.54. The second kappa shape index (κ2) is 8.05. The summed E-state index contributed by atoms with van der Waals surface area (Å²) in [6.07, 6.45) is 0. The van der Waals surface area contributed by atoms with Crippen LogP contribution in [-0.4, -0.2) is 34.7 Å². The zero-order chi connectivity index (χ0) is 17.5. The maximum Gasteiger partial charge on any atom is 0.338 e. The van der Waals surface area contributed by atoms with Crippen molar-refractivity contribution in [2.24, 2.45) is 0 Å². The Hall–Kier alpha value is -2.96. The molecule has 1 aromatic carbocycles. The fraction of sp³-hybridized carbons (Fsp3) is 0.294. The van der Waals surface area contributed by atoms with Gasteiger partial charge in [-0.15, -0.1) is 10.2 Å². The summed E-state index contributed by atoms with van der Waals surface area (Å²) >= 11 is 0. The Kier molecular flexibility index (Phi) is 5.83. The lowest BCUT2D eigenvalue weighted by atomic mass is 10.2. The van der Waals surface area contributed by atoms with Gasteiger partial charge in [0.05, 0.1) is 12.2 Å². The first kappa shape index (κ1) is 17.4. The molecule has 2 rings (SSSR count). The predicted molar refractivity (Wildman–Crippen MR) is 90.3 cm³/mol. The number of benzene rings is 1. The topological polar surface area (TPSA) is 93.2 Å². The number of amides is 1. The molecule has 0 aliphatic heterocycles. The Bertz CT molecular complexity index is 697. The van der Waals surface area contributed by atoms with Gasteiger partial charge >= 0.3 is 5.97 Å². The molecule has 0 aliphatic rings. The number of carbonyl (C=O) groups excluding carboxylic acids is 2. The summed E-state index contributed by atoms with van der Waals surface area (Å²) in [5, 5.41) is 13.7. The Morgan fingerprint density at radius 3 is 2.33 bits per heavy atom. The number of aromatic nitrogens is 2. The number of nitrogens with zero attached hydrogens (tertiary/aromatic N) is 2. The summed E-state index contributed by atoms with van der Waals surface area (Å²) in [5.74, 6) is -0.118. The van der Waals surface area contributed by atoms with Gasteiger partial charge in [-0.05, 0) is 57.2 Å². The molecular weight excluding hydrogens is 308 g/mol. The highest BCUT2D eigenvalue weighted by Gasteiger charge is 2.09. The van der Waals surface area contributed by atoms with Crippen LogP contribution in [0.15, 0.2) is 36.4 Å². The Morgan fingerprint density at radius 2 is 1.79 bits per heavy atom. The van der Waals surface area contributed by atoms with Gasteiger partial charge < -0.3 is 15.4 Å². The third kappa shape index (κ3) is 4.77. The molecule has 0 radical (unpaired) electrons. The molecule has 24 heavy (non-hydrogen) atoms. The minimum atomic E-state index is -0.357. The first-order valence-electron chi connectivity index (χ1n) is 7.68. The van der Waals surface area contributed by atoms with Crippen molar-refractivity contribution in [3.05, 3.63) is 47.7 Å². The van der Waals surface area contributed by atoms with Gasteiger partial charge in [0, 0.05) is 11.7 Å². The molecule has 1 amide bonds. The monoisotopic (exact) mass is 328 g/mol. The Labute approximate surface area is 140 Å². The highest BCUT2D eigenvalue weighted by atomic mass is 16.5. The van der Waals surface area contributed by atoms with E-state index in [9.17, 15) is 9.59 Å². The molecule has 0 fully saturated rings. The van der Waals surface area contributed by atoms with Crippen LogP contribution < -0.4 is 10.6 Å². The van der Waals surface area contributed by atoms with E-state index in [1.165, 1.54) is 0 Å². The zero-order valence-electron chi connectivity index (χ0n) is 13.9. The number of anilines is 2. The highest BCUT2D eigenvalue weighted by Crippen LogP contribution is 2.15. The summed E-state index contributed by atoms with van der Waals surface area (Å²) in [4.78, 5) is 23.4. The fourth-order valence-corrected chi connectivity index (χ4v) is 1.91. The van der Waals surface area contributed by atoms with Crippen molar-refractivity contribution in [1.82, 2.24) is 15.5 Å². The summed E-state index contributed by atoms with van der Waals surface area (Å²) in [5.41, 5.74) is 1.48. The van der Waals surface area contributed by atoms with Gasteiger partial charge in [0.15, 0.2) is 11.5 Å². The van der Waals surface area contributed by atoms with E-state index < -0.39 is 0 Å². The van der Waals surface area contributed by atoms with Crippen molar-refractivity contribution >= 4 is 23.4 Å². The number of hydrogen-bond donors (Lipinski definition) is 2. The second-order valence-corrected chi connectivity index (χ2v) is 5.35. The molecule has 0 saturated heterocycles. The summed E-state index contributed by atoms with van der Waals surface area (Å²) in [6.45, 7) is 5.85. The molecule has 0 spiro atoms. The molecular formula is C17H20N4O3. The van der Waals surface area contributed by atoms with Crippen molar-refractivity contribution in [1.29, 1.82) is 0 Å². The average Bonchev–Trinajstić information content (AvgIpc) is 2.56. The van der Waals surface area contributed by atoms with E-state index in [4.69, 9.17) is 4.74 Å². The van der Waals surface area contributed by atoms with Crippen LogP contribution in [0.2, 0.25) is 0 Å². The Morgan fingerprint density at radius 1 is 1.08 bits per heavy atom. The third-order valence-corrected chi connectivity index (χ3v) is 2.99. The Balaban J connectivity index is 2.01. The largest absolute Gasteiger partial charge is 0.462 e. The van der Waals surface area contributed by atoms with Crippen LogP contribution in [0, 0.1) is 0 Å². The van der Waals surface area contributed by atoms with Crippen LogP contribution in [0.25, 0.3) is 0 Å². The second-order valence-electron chi connectivity index (χ2n) is 5.35. The van der Waals surface area contributed by atoms with Gasteiger partial charge in [-0.25, -0.2) is 4.79 Å². The molecule has 0 bridgehead atoms. The van der Waals surface area contributed by atoms with E-state index in [1.54, 1.807) is 43.3 Å². The lowest BCUT2D eigenvalue weighted by Gasteiger charge is -2.08. The van der Waals surface area contributed by atoms with Crippen molar-refractivity contribution in [2.45, 2.75) is 26.8 Å². The number of ether oxygens (including phenoxy) is 1. The summed E-state index contributed by atoms with van der Waals surface area (Å²) in [7, 11) is 0. The number of nitrogens with one attached hydrogen (secondary N) is 2. The molecule has 1 heterocycles. The molecule has 2 N–H and O–H groups in total. The molecule has 0 unspecified atom stereocenters. The van der Waals surface area contributed by atoms with Gasteiger partial charge in [-0.3, -0.25) is 4.79 Å². The van der Waals surface area contributed by atoms with Crippen LogP contribution in [-0.2, 0) is 4.74 Å². The van der Waals surface area contributed by atoms with Crippen LogP contribution in [0.4, 0.5) is 11.5 Å². The van der Waals surface area contributed by atoms with Gasteiger partial charge in [0.25, 0.3) is 5.91 Å². The van der Waals surface area contributed by atoms with E-state index in [2.05, 4.69) is 20.8 Å². The van der Waals surface area contributed by atoms with Crippen molar-refractivity contribution in [2.75, 3.05) is 11.9 Å². The molecule has 2 aromatic rings. The maximum atomic E-state index is 11.8. The van der Waals surface area contributed by atoms with Crippen LogP contribution >= 0.6 is 0 Å². The third-order valence-electron chi connectivity index (χ3n) is 2.99. The number of carbonyl (C=O) groups is 2. The van der Waals surface area contributed by atoms with Crippen molar-refractivity contribution in [3.63, 3.8) is 0 Å². The minimum absolute atomic E-state index is 0.0371. The van der Waals surface area contributed by atoms with E-state index >= 15 is 0 Å². The molecule has 7 heteroatoms. The van der Waals surface area contributed by atoms with Gasteiger partial charge in [-0.2, -0.15) is 0 Å². The molecule has 1 aromatic heterocycles. The quantitative estimate of drug-likeness (QED) is 0.792. The summed E-state index contributed by atoms with van der Waals surface area (Å²) in [6, 6.07) is 10.1. The number of esters is 1. The molecule has 126 valence electrons. The van der Waals surface area contributed by atoms with E-state index in [1.807, 2.05) is 13.8 Å². The average molecular weight is 328 g/mol. The number of rotatable bonds is 6. The smallest absolute Gasteiger partial charge is 0.338 e. The molecule has 0 aliphatic carbocycles. The lowest BCUT2D eigenvalue weighted by Crippen LogP contribution is -2.30. The van der Waals surface area contributed by atoms with Crippen LogP contribution in [0.1, 0.15) is 41.6 Å². The normalized spacial score (nSPS) is 10.3. The zero-order valence-corrected chi connectivity index (χ0v) is 13.9. The van der Waals surface area contributed by atoms with Crippen LogP contribution in [0.3, 0.4) is 0 Å². The van der Waals surface area contributed by atoms with Crippen molar-refractivity contribution < 1.29 is 14.3 Å². The van der Waals surface area contributed by atoms with Gasteiger partial charge in [0.1, 0.15) is 0 Å². The highest BCUT2D eigenvalue weighted by molar-refractivity contribution is 5.92. The van der Waals surface area contributed by atoms with E-state index in [-0.39, 0.29) is 23.6 Å². The molecule has 0 atom stereocenters. The SMILES string of the molecule is CCOC(=O)c1ccc(Nc2ccc(C(=O)NC(C)C)nn2)cc1. The van der Waals surface area contributed by atoms with Crippen LogP contribution in [0.5, 0.6) is 0 Å². The minimum Gasteiger partial charge on any atom is -0.462 e. The van der Waals surface area contributed by atoms with E-state index in [0.29, 0.717) is 18.0 Å².